The third-order valence-corrected chi connectivity index (χ3v) is 4.39. The molecule has 1 amide bonds. The monoisotopic (exact) mass is 415 g/mol. The molecule has 6 heteroatoms. The molecule has 1 unspecified atom stereocenters. The quantitative estimate of drug-likeness (QED) is 0.597. The van der Waals surface area contributed by atoms with Crippen LogP contribution in [0.25, 0.3) is 6.08 Å². The summed E-state index contributed by atoms with van der Waals surface area (Å²) in [5, 5.41) is 2.89. The number of esters is 1. The highest BCUT2D eigenvalue weighted by atomic mass is 79.9. The van der Waals surface area contributed by atoms with Crippen molar-refractivity contribution in [3.63, 3.8) is 0 Å². The predicted octanol–water partition coefficient (Wildman–Crippen LogP) is 3.65. The minimum absolute atomic E-state index is 0.136. The van der Waals surface area contributed by atoms with Crippen molar-refractivity contribution in [2.75, 3.05) is 13.2 Å². The molecule has 0 bridgehead atoms. The van der Waals surface area contributed by atoms with Gasteiger partial charge in [0.1, 0.15) is 5.75 Å². The molecule has 2 aromatic rings. The van der Waals surface area contributed by atoms with E-state index in [0.29, 0.717) is 13.0 Å². The van der Waals surface area contributed by atoms with Crippen LogP contribution in [0.1, 0.15) is 23.6 Å². The molecule has 3 rings (SSSR count). The Bertz CT molecular complexity index is 834. The van der Waals surface area contributed by atoms with Crippen LogP contribution in [0.2, 0.25) is 0 Å². The zero-order valence-electron chi connectivity index (χ0n) is 14.0. The molecule has 5 nitrogen and oxygen atoms in total. The Labute approximate surface area is 160 Å². The van der Waals surface area contributed by atoms with Crippen LogP contribution in [0, 0.1) is 0 Å². The van der Waals surface area contributed by atoms with Gasteiger partial charge in [0.05, 0.1) is 12.6 Å². The number of amides is 1. The first-order valence-electron chi connectivity index (χ1n) is 8.23. The normalized spacial score (nSPS) is 15.8. The molecule has 0 fully saturated rings. The van der Waals surface area contributed by atoms with E-state index in [2.05, 4.69) is 21.2 Å². The highest BCUT2D eigenvalue weighted by molar-refractivity contribution is 9.10. The third kappa shape index (κ3) is 4.95. The van der Waals surface area contributed by atoms with E-state index in [1.165, 1.54) is 6.08 Å². The second-order valence-electron chi connectivity index (χ2n) is 5.79. The lowest BCUT2D eigenvalue weighted by Gasteiger charge is -2.26. The third-order valence-electron chi connectivity index (χ3n) is 3.90. The molecule has 134 valence electrons. The van der Waals surface area contributed by atoms with Gasteiger partial charge in [0.25, 0.3) is 5.91 Å². The lowest BCUT2D eigenvalue weighted by Crippen LogP contribution is -2.34. The predicted molar refractivity (Wildman–Crippen MR) is 102 cm³/mol. The largest absolute Gasteiger partial charge is 0.493 e. The maximum Gasteiger partial charge on any atom is 0.331 e. The van der Waals surface area contributed by atoms with E-state index >= 15 is 0 Å². The van der Waals surface area contributed by atoms with Crippen molar-refractivity contribution in [1.82, 2.24) is 5.32 Å². The van der Waals surface area contributed by atoms with Gasteiger partial charge in [-0.25, -0.2) is 4.79 Å². The number of carbonyl (C=O) groups is 2. The first-order chi connectivity index (χ1) is 12.6. The lowest BCUT2D eigenvalue weighted by molar-refractivity contribution is -0.144. The summed E-state index contributed by atoms with van der Waals surface area (Å²) in [6, 6.07) is 15.0. The highest BCUT2D eigenvalue weighted by Gasteiger charge is 2.22. The molecule has 1 N–H and O–H groups in total. The second kappa shape index (κ2) is 8.67. The van der Waals surface area contributed by atoms with Gasteiger partial charge < -0.3 is 14.8 Å². The van der Waals surface area contributed by atoms with Gasteiger partial charge in [-0.05, 0) is 29.8 Å². The zero-order chi connectivity index (χ0) is 18.4. The van der Waals surface area contributed by atoms with Gasteiger partial charge in [0.2, 0.25) is 0 Å². The molecule has 1 atom stereocenters. The summed E-state index contributed by atoms with van der Waals surface area (Å²) in [4.78, 5) is 23.9. The standard InChI is InChI=1S/C20H18BrNO4/c21-15-5-3-4-14(12-15)8-9-20(24)26-13-19(23)22-17-10-11-25-18-7-2-1-6-16(17)18/h1-9,12,17H,10-11,13H2,(H,22,23)/b9-8+. The number of carbonyl (C=O) groups excluding carboxylic acids is 2. The smallest absolute Gasteiger partial charge is 0.331 e. The van der Waals surface area contributed by atoms with Crippen molar-refractivity contribution >= 4 is 33.9 Å². The first kappa shape index (κ1) is 18.2. The number of fused-ring (bicyclic) bond motifs is 1. The Morgan fingerprint density at radius 2 is 2.08 bits per heavy atom. The number of halogens is 1. The number of nitrogens with one attached hydrogen (secondary N) is 1. The molecule has 0 aromatic heterocycles. The van der Waals surface area contributed by atoms with Crippen LogP contribution in [-0.2, 0) is 14.3 Å². The highest BCUT2D eigenvalue weighted by Crippen LogP contribution is 2.31. The van der Waals surface area contributed by atoms with E-state index < -0.39 is 5.97 Å². The summed E-state index contributed by atoms with van der Waals surface area (Å²) < 4.78 is 11.5. The van der Waals surface area contributed by atoms with Crippen molar-refractivity contribution in [2.24, 2.45) is 0 Å². The molecule has 0 saturated heterocycles. The SMILES string of the molecule is O=C(COC(=O)/C=C/c1cccc(Br)c1)NC1CCOc2ccccc21. The molecular formula is C20H18BrNO4. The van der Waals surface area contributed by atoms with E-state index in [4.69, 9.17) is 9.47 Å². The molecule has 1 aliphatic rings. The van der Waals surface area contributed by atoms with Crippen LogP contribution in [-0.4, -0.2) is 25.1 Å². The fourth-order valence-corrected chi connectivity index (χ4v) is 3.10. The van der Waals surface area contributed by atoms with Crippen molar-refractivity contribution in [2.45, 2.75) is 12.5 Å². The second-order valence-corrected chi connectivity index (χ2v) is 6.71. The summed E-state index contributed by atoms with van der Waals surface area (Å²) in [5.74, 6) is -0.124. The summed E-state index contributed by atoms with van der Waals surface area (Å²) in [6.45, 7) is 0.221. The van der Waals surface area contributed by atoms with Crippen LogP contribution in [0.15, 0.2) is 59.1 Å². The van der Waals surface area contributed by atoms with Crippen LogP contribution < -0.4 is 10.1 Å². The first-order valence-corrected chi connectivity index (χ1v) is 9.02. The number of hydrogen-bond acceptors (Lipinski definition) is 4. The summed E-state index contributed by atoms with van der Waals surface area (Å²) in [6.07, 6.45) is 3.62. The number of rotatable bonds is 5. The van der Waals surface area contributed by atoms with Crippen LogP contribution in [0.3, 0.4) is 0 Å². The number of hydrogen-bond donors (Lipinski definition) is 1. The maximum absolute atomic E-state index is 12.1. The molecule has 1 heterocycles. The van der Waals surface area contributed by atoms with Gasteiger partial charge in [-0.3, -0.25) is 4.79 Å². The summed E-state index contributed by atoms with van der Waals surface area (Å²) >= 11 is 3.37. The molecule has 0 aliphatic carbocycles. The van der Waals surface area contributed by atoms with E-state index in [1.807, 2.05) is 48.5 Å². The van der Waals surface area contributed by atoms with Gasteiger partial charge in [-0.2, -0.15) is 0 Å². The number of ether oxygens (including phenoxy) is 2. The molecule has 2 aromatic carbocycles. The Hall–Kier alpha value is -2.60. The number of benzene rings is 2. The average Bonchev–Trinajstić information content (AvgIpc) is 2.65. The minimum atomic E-state index is -0.562. The lowest BCUT2D eigenvalue weighted by atomic mass is 10.0. The van der Waals surface area contributed by atoms with E-state index in [-0.39, 0.29) is 18.6 Å². The molecule has 0 radical (unpaired) electrons. The maximum atomic E-state index is 12.1. The Morgan fingerprint density at radius 3 is 2.92 bits per heavy atom. The van der Waals surface area contributed by atoms with Gasteiger partial charge >= 0.3 is 5.97 Å². The van der Waals surface area contributed by atoms with Gasteiger partial charge in [0.15, 0.2) is 6.61 Å². The topological polar surface area (TPSA) is 64.6 Å². The Balaban J connectivity index is 1.49. The van der Waals surface area contributed by atoms with Crippen LogP contribution in [0.5, 0.6) is 5.75 Å². The van der Waals surface area contributed by atoms with E-state index in [9.17, 15) is 9.59 Å². The molecular weight excluding hydrogens is 398 g/mol. The van der Waals surface area contributed by atoms with E-state index in [0.717, 1.165) is 21.3 Å². The minimum Gasteiger partial charge on any atom is -0.493 e. The zero-order valence-corrected chi connectivity index (χ0v) is 15.6. The summed E-state index contributed by atoms with van der Waals surface area (Å²) in [7, 11) is 0. The molecule has 0 saturated carbocycles. The Morgan fingerprint density at radius 1 is 1.23 bits per heavy atom. The van der Waals surface area contributed by atoms with Crippen molar-refractivity contribution in [3.05, 3.63) is 70.2 Å². The average molecular weight is 416 g/mol. The Kier molecular flexibility index (Phi) is 6.07. The van der Waals surface area contributed by atoms with Crippen molar-refractivity contribution in [3.8, 4) is 5.75 Å². The molecule has 1 aliphatic heterocycles. The molecule has 26 heavy (non-hydrogen) atoms. The van der Waals surface area contributed by atoms with E-state index in [1.54, 1.807) is 6.08 Å². The summed E-state index contributed by atoms with van der Waals surface area (Å²) in [5.41, 5.74) is 1.80. The van der Waals surface area contributed by atoms with Gasteiger partial charge in [0, 0.05) is 22.5 Å². The fourth-order valence-electron chi connectivity index (χ4n) is 2.69. The van der Waals surface area contributed by atoms with Gasteiger partial charge in [-0.1, -0.05) is 46.3 Å². The van der Waals surface area contributed by atoms with Crippen LogP contribution >= 0.6 is 15.9 Å². The van der Waals surface area contributed by atoms with Crippen molar-refractivity contribution < 1.29 is 19.1 Å². The fraction of sp³-hybridized carbons (Fsp3) is 0.200. The van der Waals surface area contributed by atoms with Gasteiger partial charge in [-0.15, -0.1) is 0 Å². The number of para-hydroxylation sites is 1. The van der Waals surface area contributed by atoms with Crippen molar-refractivity contribution in [1.29, 1.82) is 0 Å². The van der Waals surface area contributed by atoms with Crippen LogP contribution in [0.4, 0.5) is 0 Å². The molecule has 0 spiro atoms.